The van der Waals surface area contributed by atoms with Gasteiger partial charge in [-0.15, -0.1) is 0 Å². The van der Waals surface area contributed by atoms with Crippen molar-refractivity contribution in [2.45, 2.75) is 46.0 Å². The lowest BCUT2D eigenvalue weighted by Crippen LogP contribution is -2.40. The van der Waals surface area contributed by atoms with Crippen molar-refractivity contribution in [3.8, 4) is 0 Å². The van der Waals surface area contributed by atoms with E-state index in [4.69, 9.17) is 10.2 Å². The molecule has 0 rings (SSSR count). The second kappa shape index (κ2) is 6.25. The van der Waals surface area contributed by atoms with Gasteiger partial charge in [0.25, 0.3) is 0 Å². The van der Waals surface area contributed by atoms with Crippen molar-refractivity contribution in [2.75, 3.05) is 0 Å². The molecule has 0 spiro atoms. The van der Waals surface area contributed by atoms with Gasteiger partial charge in [0.2, 0.25) is 0 Å². The topological polar surface area (TPSA) is 91.7 Å². The van der Waals surface area contributed by atoms with Gasteiger partial charge in [0.1, 0.15) is 11.8 Å². The maximum atomic E-state index is 11.7. The Morgan fingerprint density at radius 3 is 1.69 bits per heavy atom. The van der Waals surface area contributed by atoms with E-state index in [0.717, 1.165) is 0 Å². The van der Waals surface area contributed by atoms with Crippen LogP contribution in [0.3, 0.4) is 0 Å². The summed E-state index contributed by atoms with van der Waals surface area (Å²) in [6.07, 6.45) is 0.756. The second-order valence-electron chi connectivity index (χ2n) is 3.88. The Morgan fingerprint density at radius 2 is 1.44 bits per heavy atom. The SMILES string of the molecule is CCCC(CCC)(C(=O)O)C(=O)CC(=O)O. The Labute approximate surface area is 94.5 Å². The van der Waals surface area contributed by atoms with Gasteiger partial charge in [-0.1, -0.05) is 26.7 Å². The van der Waals surface area contributed by atoms with E-state index in [9.17, 15) is 14.4 Å². The van der Waals surface area contributed by atoms with E-state index in [0.29, 0.717) is 12.8 Å². The highest BCUT2D eigenvalue weighted by Gasteiger charge is 2.44. The molecule has 0 unspecified atom stereocenters. The lowest BCUT2D eigenvalue weighted by atomic mass is 9.74. The van der Waals surface area contributed by atoms with E-state index < -0.39 is 29.6 Å². The van der Waals surface area contributed by atoms with Crippen LogP contribution in [-0.4, -0.2) is 27.9 Å². The van der Waals surface area contributed by atoms with Crippen molar-refractivity contribution in [3.63, 3.8) is 0 Å². The molecule has 0 heterocycles. The van der Waals surface area contributed by atoms with E-state index in [2.05, 4.69) is 0 Å². The van der Waals surface area contributed by atoms with Gasteiger partial charge >= 0.3 is 11.9 Å². The Kier molecular flexibility index (Phi) is 5.71. The average Bonchev–Trinajstić information content (AvgIpc) is 2.15. The van der Waals surface area contributed by atoms with E-state index in [1.807, 2.05) is 0 Å². The molecule has 92 valence electrons. The molecular weight excluding hydrogens is 212 g/mol. The fourth-order valence-electron chi connectivity index (χ4n) is 1.90. The number of ketones is 1. The van der Waals surface area contributed by atoms with E-state index in [-0.39, 0.29) is 12.8 Å². The van der Waals surface area contributed by atoms with Gasteiger partial charge in [0, 0.05) is 0 Å². The maximum absolute atomic E-state index is 11.7. The lowest BCUT2D eigenvalue weighted by Gasteiger charge is -2.26. The third-order valence-electron chi connectivity index (χ3n) is 2.61. The van der Waals surface area contributed by atoms with Gasteiger partial charge in [0.05, 0.1) is 0 Å². The molecule has 16 heavy (non-hydrogen) atoms. The van der Waals surface area contributed by atoms with Gasteiger partial charge < -0.3 is 10.2 Å². The van der Waals surface area contributed by atoms with Crippen LogP contribution in [-0.2, 0) is 14.4 Å². The molecule has 0 aromatic heterocycles. The Hall–Kier alpha value is -1.39. The Bertz CT molecular complexity index is 276. The van der Waals surface area contributed by atoms with Crippen molar-refractivity contribution in [1.82, 2.24) is 0 Å². The van der Waals surface area contributed by atoms with Gasteiger partial charge in [-0.25, -0.2) is 0 Å². The third kappa shape index (κ3) is 3.32. The summed E-state index contributed by atoms with van der Waals surface area (Å²) >= 11 is 0. The third-order valence-corrected chi connectivity index (χ3v) is 2.61. The number of Topliss-reactive ketones (excluding diaryl/α,β-unsaturated/α-hetero) is 1. The maximum Gasteiger partial charge on any atom is 0.317 e. The number of carbonyl (C=O) groups excluding carboxylic acids is 1. The minimum Gasteiger partial charge on any atom is -0.481 e. The summed E-state index contributed by atoms with van der Waals surface area (Å²) in [4.78, 5) is 33.4. The van der Waals surface area contributed by atoms with Crippen molar-refractivity contribution >= 4 is 17.7 Å². The molecule has 0 atom stereocenters. The second-order valence-corrected chi connectivity index (χ2v) is 3.88. The first-order chi connectivity index (χ1) is 7.40. The molecule has 5 nitrogen and oxygen atoms in total. The minimum atomic E-state index is -1.51. The molecule has 0 aromatic rings. The molecule has 2 N–H and O–H groups in total. The first-order valence-electron chi connectivity index (χ1n) is 5.39. The largest absolute Gasteiger partial charge is 0.481 e. The number of rotatable bonds is 8. The molecule has 0 aliphatic heterocycles. The van der Waals surface area contributed by atoms with Crippen LogP contribution in [0.2, 0.25) is 0 Å². The predicted molar refractivity (Wildman–Crippen MR) is 57.1 cm³/mol. The highest BCUT2D eigenvalue weighted by Crippen LogP contribution is 2.32. The molecule has 0 fully saturated rings. The van der Waals surface area contributed by atoms with Gasteiger partial charge in [-0.3, -0.25) is 14.4 Å². The summed E-state index contributed by atoms with van der Waals surface area (Å²) in [7, 11) is 0. The summed E-state index contributed by atoms with van der Waals surface area (Å²) in [6, 6.07) is 0. The fourth-order valence-corrected chi connectivity index (χ4v) is 1.90. The summed E-state index contributed by atoms with van der Waals surface area (Å²) in [6.45, 7) is 3.56. The number of aliphatic carboxylic acids is 2. The minimum absolute atomic E-state index is 0.197. The van der Waals surface area contributed by atoms with Crippen LogP contribution < -0.4 is 0 Å². The first-order valence-corrected chi connectivity index (χ1v) is 5.39. The molecule has 0 bridgehead atoms. The zero-order valence-electron chi connectivity index (χ0n) is 9.65. The fraction of sp³-hybridized carbons (Fsp3) is 0.727. The van der Waals surface area contributed by atoms with Crippen LogP contribution in [0.4, 0.5) is 0 Å². The molecular formula is C11H18O5. The van der Waals surface area contributed by atoms with Crippen molar-refractivity contribution in [1.29, 1.82) is 0 Å². The number of hydrogen-bond donors (Lipinski definition) is 2. The monoisotopic (exact) mass is 230 g/mol. The summed E-state index contributed by atoms with van der Waals surface area (Å²) < 4.78 is 0. The predicted octanol–water partition coefficient (Wildman–Crippen LogP) is 1.70. The van der Waals surface area contributed by atoms with Gasteiger partial charge in [-0.05, 0) is 12.8 Å². The molecule has 0 aliphatic carbocycles. The molecule has 0 saturated carbocycles. The average molecular weight is 230 g/mol. The number of carboxylic acid groups (broad SMARTS) is 2. The summed E-state index contributed by atoms with van der Waals surface area (Å²) in [5.74, 6) is -3.18. The van der Waals surface area contributed by atoms with E-state index in [1.165, 1.54) is 0 Å². The number of hydrogen-bond acceptors (Lipinski definition) is 3. The van der Waals surface area contributed by atoms with Crippen LogP contribution in [0, 0.1) is 5.41 Å². The Morgan fingerprint density at radius 1 is 1.00 bits per heavy atom. The molecule has 0 aliphatic rings. The normalized spacial score (nSPS) is 11.1. The van der Waals surface area contributed by atoms with Crippen molar-refractivity contribution < 1.29 is 24.6 Å². The van der Waals surface area contributed by atoms with Crippen LogP contribution in [0.5, 0.6) is 0 Å². The molecule has 0 aromatic carbocycles. The van der Waals surface area contributed by atoms with Crippen LogP contribution in [0.25, 0.3) is 0 Å². The lowest BCUT2D eigenvalue weighted by molar-refractivity contribution is -0.157. The first kappa shape index (κ1) is 14.6. The molecule has 0 amide bonds. The zero-order valence-corrected chi connectivity index (χ0v) is 9.65. The smallest absolute Gasteiger partial charge is 0.317 e. The number of carboxylic acids is 2. The van der Waals surface area contributed by atoms with Gasteiger partial charge in [-0.2, -0.15) is 0 Å². The zero-order chi connectivity index (χ0) is 12.8. The Balaban J connectivity index is 5.07. The van der Waals surface area contributed by atoms with Crippen molar-refractivity contribution in [2.24, 2.45) is 5.41 Å². The summed E-state index contributed by atoms with van der Waals surface area (Å²) in [5, 5.41) is 17.7. The highest BCUT2D eigenvalue weighted by atomic mass is 16.4. The van der Waals surface area contributed by atoms with Crippen LogP contribution in [0.15, 0.2) is 0 Å². The van der Waals surface area contributed by atoms with E-state index in [1.54, 1.807) is 13.8 Å². The summed E-state index contributed by atoms with van der Waals surface area (Å²) in [5.41, 5.74) is -1.51. The molecule has 0 radical (unpaired) electrons. The van der Waals surface area contributed by atoms with Crippen molar-refractivity contribution in [3.05, 3.63) is 0 Å². The molecule has 0 saturated heterocycles. The van der Waals surface area contributed by atoms with Gasteiger partial charge in [0.15, 0.2) is 5.78 Å². The van der Waals surface area contributed by atoms with Crippen LogP contribution >= 0.6 is 0 Å². The highest BCUT2D eigenvalue weighted by molar-refractivity contribution is 6.08. The standard InChI is InChI=1S/C11H18O5/c1-3-5-11(6-4-2,10(15)16)8(12)7-9(13)14/h3-7H2,1-2H3,(H,13,14)(H,15,16). The molecule has 5 heteroatoms. The quantitative estimate of drug-likeness (QED) is 0.619. The van der Waals surface area contributed by atoms with Crippen LogP contribution in [0.1, 0.15) is 46.0 Å². The number of carbonyl (C=O) groups is 3. The van der Waals surface area contributed by atoms with E-state index >= 15 is 0 Å².